The van der Waals surface area contributed by atoms with Crippen LogP contribution in [0.3, 0.4) is 0 Å². The third-order valence-corrected chi connectivity index (χ3v) is 3.46. The lowest BCUT2D eigenvalue weighted by atomic mass is 10.1. The van der Waals surface area contributed by atoms with Crippen molar-refractivity contribution in [1.29, 1.82) is 0 Å². The molecule has 0 saturated carbocycles. The van der Waals surface area contributed by atoms with Gasteiger partial charge in [-0.05, 0) is 0 Å². The van der Waals surface area contributed by atoms with Gasteiger partial charge < -0.3 is 23.7 Å². The lowest BCUT2D eigenvalue weighted by Crippen LogP contribution is -2.20. The van der Waals surface area contributed by atoms with Crippen molar-refractivity contribution in [3.63, 3.8) is 0 Å². The molecule has 1 rings (SSSR count). The van der Waals surface area contributed by atoms with Crippen LogP contribution in [0.4, 0.5) is 0 Å². The number of benzene rings is 1. The van der Waals surface area contributed by atoms with Crippen LogP contribution >= 0.6 is 22.6 Å². The third-order valence-electron chi connectivity index (χ3n) is 3.02. The van der Waals surface area contributed by atoms with E-state index in [1.165, 1.54) is 0 Å². The molecule has 1 aromatic rings. The first-order valence-corrected chi connectivity index (χ1v) is 9.91. The lowest BCUT2D eigenvalue weighted by molar-refractivity contribution is -0.139. The van der Waals surface area contributed by atoms with Crippen LogP contribution in [0.25, 0.3) is 0 Å². The second-order valence-corrected chi connectivity index (χ2v) is 6.05. The van der Waals surface area contributed by atoms with Crippen LogP contribution in [0.2, 0.25) is 0 Å². The molecule has 0 aliphatic carbocycles. The van der Waals surface area contributed by atoms with Crippen LogP contribution in [0, 0.1) is 0 Å². The van der Waals surface area contributed by atoms with E-state index >= 15 is 0 Å². The summed E-state index contributed by atoms with van der Waals surface area (Å²) in [6.45, 7) is 3.92. The molecule has 0 saturated heterocycles. The zero-order chi connectivity index (χ0) is 18.9. The Kier molecular flexibility index (Phi) is 14.2. The first kappa shape index (κ1) is 23.0. The molecule has 0 N–H and O–H groups in total. The van der Waals surface area contributed by atoms with E-state index in [4.69, 9.17) is 23.7 Å². The Balaban J connectivity index is 1.87. The summed E-state index contributed by atoms with van der Waals surface area (Å²) in [5.74, 6) is -1.54. The number of Topliss-reactive ketones (excluding diaryl/α,β-unsaturated/α-hetero) is 1. The van der Waals surface area contributed by atoms with Gasteiger partial charge >= 0.3 is 5.97 Å². The number of esters is 1. The predicted molar refractivity (Wildman–Crippen MR) is 104 cm³/mol. The zero-order valence-electron chi connectivity index (χ0n) is 14.7. The van der Waals surface area contributed by atoms with Crippen LogP contribution in [0.1, 0.15) is 10.4 Å². The maximum Gasteiger partial charge on any atom is 0.379 e. The topological polar surface area (TPSA) is 80.3 Å². The summed E-state index contributed by atoms with van der Waals surface area (Å²) >= 11 is 2.25. The molecule has 0 aromatic heterocycles. The SMILES string of the molecule is O=C(OCCOCCOCCOCCOCCI)C(=O)c1ccccc1. The van der Waals surface area contributed by atoms with Gasteiger partial charge in [-0.1, -0.05) is 52.9 Å². The minimum Gasteiger partial charge on any atom is -0.457 e. The van der Waals surface area contributed by atoms with E-state index in [2.05, 4.69) is 22.6 Å². The minimum absolute atomic E-state index is 0.0255. The van der Waals surface area contributed by atoms with E-state index in [1.54, 1.807) is 30.3 Å². The number of hydrogen-bond acceptors (Lipinski definition) is 7. The highest BCUT2D eigenvalue weighted by Crippen LogP contribution is 2.01. The molecule has 1 aromatic carbocycles. The van der Waals surface area contributed by atoms with Crippen LogP contribution in [-0.2, 0) is 28.5 Å². The number of rotatable bonds is 16. The number of carbonyl (C=O) groups is 2. The Morgan fingerprint density at radius 3 is 1.65 bits per heavy atom. The molecule has 7 nitrogen and oxygen atoms in total. The molecule has 0 heterocycles. The molecule has 0 aliphatic heterocycles. The van der Waals surface area contributed by atoms with Crippen molar-refractivity contribution in [3.05, 3.63) is 35.9 Å². The number of ether oxygens (including phenoxy) is 5. The van der Waals surface area contributed by atoms with Crippen molar-refractivity contribution in [3.8, 4) is 0 Å². The van der Waals surface area contributed by atoms with Gasteiger partial charge in [0.1, 0.15) is 6.61 Å². The maximum atomic E-state index is 11.8. The van der Waals surface area contributed by atoms with E-state index < -0.39 is 11.8 Å². The standard InChI is InChI=1S/C18H25IO7/c19-6-7-22-8-9-23-10-11-24-12-13-25-14-15-26-18(21)17(20)16-4-2-1-3-5-16/h1-5H,6-15H2. The third kappa shape index (κ3) is 11.5. The number of alkyl halides is 1. The van der Waals surface area contributed by atoms with Gasteiger partial charge in [0.2, 0.25) is 0 Å². The molecule has 0 unspecified atom stereocenters. The summed E-state index contributed by atoms with van der Waals surface area (Å²) in [6, 6.07) is 8.29. The summed E-state index contributed by atoms with van der Waals surface area (Å²) in [7, 11) is 0. The first-order valence-electron chi connectivity index (χ1n) is 8.39. The Bertz CT molecular complexity index is 496. The fourth-order valence-corrected chi connectivity index (χ4v) is 2.09. The smallest absolute Gasteiger partial charge is 0.379 e. The average molecular weight is 480 g/mol. The van der Waals surface area contributed by atoms with E-state index in [-0.39, 0.29) is 13.2 Å². The highest BCUT2D eigenvalue weighted by atomic mass is 127. The Hall–Kier alpha value is -1.07. The molecule has 0 fully saturated rings. The van der Waals surface area contributed by atoms with Gasteiger partial charge in [-0.15, -0.1) is 0 Å². The molecule has 0 amide bonds. The normalized spacial score (nSPS) is 10.7. The molecule has 0 spiro atoms. The molecule has 0 bridgehead atoms. The summed E-state index contributed by atoms with van der Waals surface area (Å²) in [5, 5.41) is 0. The minimum atomic E-state index is -0.879. The predicted octanol–water partition coefficient (Wildman–Crippen LogP) is 1.91. The summed E-state index contributed by atoms with van der Waals surface area (Å²) in [6.07, 6.45) is 0. The van der Waals surface area contributed by atoms with Gasteiger partial charge in [-0.3, -0.25) is 4.79 Å². The zero-order valence-corrected chi connectivity index (χ0v) is 16.9. The van der Waals surface area contributed by atoms with Gasteiger partial charge in [-0.2, -0.15) is 0 Å². The van der Waals surface area contributed by atoms with E-state index in [0.717, 1.165) is 11.0 Å². The van der Waals surface area contributed by atoms with Gasteiger partial charge in [0.05, 0.1) is 52.9 Å². The van der Waals surface area contributed by atoms with Crippen LogP contribution in [-0.4, -0.2) is 75.6 Å². The van der Waals surface area contributed by atoms with Gasteiger partial charge in [-0.25, -0.2) is 4.79 Å². The number of ketones is 1. The van der Waals surface area contributed by atoms with Crippen molar-refractivity contribution < 1.29 is 33.3 Å². The monoisotopic (exact) mass is 480 g/mol. The van der Waals surface area contributed by atoms with Crippen molar-refractivity contribution in [1.82, 2.24) is 0 Å². The quantitative estimate of drug-likeness (QED) is 0.0894. The van der Waals surface area contributed by atoms with E-state index in [1.807, 2.05) is 0 Å². The van der Waals surface area contributed by atoms with Crippen molar-refractivity contribution in [2.75, 3.05) is 63.9 Å². The number of hydrogen-bond donors (Lipinski definition) is 0. The highest BCUT2D eigenvalue weighted by Gasteiger charge is 2.16. The van der Waals surface area contributed by atoms with Crippen LogP contribution in [0.15, 0.2) is 30.3 Å². The molecule has 8 heteroatoms. The van der Waals surface area contributed by atoms with Crippen molar-refractivity contribution in [2.24, 2.45) is 0 Å². The second kappa shape index (κ2) is 16.1. The van der Waals surface area contributed by atoms with Crippen molar-refractivity contribution in [2.45, 2.75) is 0 Å². The molecule has 0 aliphatic rings. The Morgan fingerprint density at radius 1 is 0.692 bits per heavy atom. The van der Waals surface area contributed by atoms with Gasteiger partial charge in [0.15, 0.2) is 0 Å². The van der Waals surface area contributed by atoms with E-state index in [0.29, 0.717) is 45.2 Å². The Labute approximate surface area is 167 Å². The number of carbonyl (C=O) groups excluding carboxylic acids is 2. The van der Waals surface area contributed by atoms with Crippen molar-refractivity contribution >= 4 is 34.3 Å². The largest absolute Gasteiger partial charge is 0.457 e. The molecule has 146 valence electrons. The number of halogens is 1. The summed E-state index contributed by atoms with van der Waals surface area (Å²) in [5.41, 5.74) is 0.311. The molecule has 0 radical (unpaired) electrons. The molecular weight excluding hydrogens is 455 g/mol. The molecule has 26 heavy (non-hydrogen) atoms. The first-order chi connectivity index (χ1) is 12.8. The lowest BCUT2D eigenvalue weighted by Gasteiger charge is -2.07. The maximum absolute atomic E-state index is 11.8. The van der Waals surface area contributed by atoms with Gasteiger partial charge in [0, 0.05) is 9.99 Å². The van der Waals surface area contributed by atoms with Gasteiger partial charge in [0.25, 0.3) is 5.78 Å². The van der Waals surface area contributed by atoms with E-state index in [9.17, 15) is 9.59 Å². The average Bonchev–Trinajstić information content (AvgIpc) is 2.68. The summed E-state index contributed by atoms with van der Waals surface area (Å²) in [4.78, 5) is 23.3. The van der Waals surface area contributed by atoms with Crippen LogP contribution < -0.4 is 0 Å². The highest BCUT2D eigenvalue weighted by molar-refractivity contribution is 14.1. The summed E-state index contributed by atoms with van der Waals surface area (Å²) < 4.78 is 27.0. The molecular formula is C18H25IO7. The Morgan fingerprint density at radius 2 is 1.15 bits per heavy atom. The van der Waals surface area contributed by atoms with Crippen LogP contribution in [0.5, 0.6) is 0 Å². The second-order valence-electron chi connectivity index (χ2n) is 4.97. The fraction of sp³-hybridized carbons (Fsp3) is 0.556. The fourth-order valence-electron chi connectivity index (χ4n) is 1.78. The molecule has 0 atom stereocenters.